The lowest BCUT2D eigenvalue weighted by atomic mass is 10.2. The lowest BCUT2D eigenvalue weighted by Crippen LogP contribution is -2.43. The van der Waals surface area contributed by atoms with Crippen LogP contribution >= 0.6 is 0 Å². The molecular weight excluding hydrogens is 273 g/mol. The van der Waals surface area contributed by atoms with E-state index >= 15 is 0 Å². The fourth-order valence-corrected chi connectivity index (χ4v) is 1.97. The van der Waals surface area contributed by atoms with Crippen molar-refractivity contribution in [3.8, 4) is 0 Å². The van der Waals surface area contributed by atoms with Crippen molar-refractivity contribution in [1.29, 1.82) is 0 Å². The highest BCUT2D eigenvalue weighted by Crippen LogP contribution is 2.16. The Morgan fingerprint density at radius 3 is 2.81 bits per heavy atom. The number of halogens is 1. The first-order chi connectivity index (χ1) is 10.0. The summed E-state index contributed by atoms with van der Waals surface area (Å²) in [4.78, 5) is 13.4. The average molecular weight is 297 g/mol. The molecule has 0 bridgehead atoms. The van der Waals surface area contributed by atoms with Crippen molar-refractivity contribution in [3.05, 3.63) is 30.1 Å². The molecule has 2 N–H and O–H groups in total. The number of carbonyl (C=O) groups excluding carboxylic acids is 1. The van der Waals surface area contributed by atoms with Crippen molar-refractivity contribution >= 4 is 11.7 Å². The molecule has 0 aromatic heterocycles. The van der Waals surface area contributed by atoms with E-state index in [1.165, 1.54) is 6.07 Å². The molecule has 0 radical (unpaired) electrons. The number of rotatable bonds is 8. The number of para-hydroxylation sites is 1. The minimum Gasteiger partial charge on any atom is -0.383 e. The molecule has 1 aromatic rings. The van der Waals surface area contributed by atoms with Crippen LogP contribution in [0, 0.1) is 5.82 Å². The summed E-state index contributed by atoms with van der Waals surface area (Å²) in [5.74, 6) is -0.237. The second-order valence-corrected chi connectivity index (χ2v) is 4.98. The molecule has 2 amide bonds. The van der Waals surface area contributed by atoms with Gasteiger partial charge in [-0.2, -0.15) is 0 Å². The zero-order valence-electron chi connectivity index (χ0n) is 12.9. The van der Waals surface area contributed by atoms with Gasteiger partial charge in [0, 0.05) is 27.2 Å². The molecule has 1 rings (SSSR count). The molecule has 0 fully saturated rings. The molecular formula is C15H24FN3O2. The number of anilines is 1. The van der Waals surface area contributed by atoms with E-state index in [9.17, 15) is 9.18 Å². The third kappa shape index (κ3) is 6.44. The van der Waals surface area contributed by atoms with Crippen LogP contribution in [0.5, 0.6) is 0 Å². The summed E-state index contributed by atoms with van der Waals surface area (Å²) in [6.45, 7) is 3.54. The van der Waals surface area contributed by atoms with Crippen LogP contribution in [0.15, 0.2) is 24.3 Å². The Hall–Kier alpha value is -1.82. The van der Waals surface area contributed by atoms with Crippen LogP contribution in [0.1, 0.15) is 13.3 Å². The van der Waals surface area contributed by atoms with Gasteiger partial charge in [0.25, 0.3) is 0 Å². The van der Waals surface area contributed by atoms with Crippen molar-refractivity contribution in [3.63, 3.8) is 0 Å². The van der Waals surface area contributed by atoms with E-state index in [4.69, 9.17) is 4.74 Å². The molecule has 0 aliphatic heterocycles. The lowest BCUT2D eigenvalue weighted by molar-refractivity contribution is 0.171. The van der Waals surface area contributed by atoms with Gasteiger partial charge in [0.05, 0.1) is 18.3 Å². The molecule has 0 heterocycles. The van der Waals surface area contributed by atoms with E-state index in [-0.39, 0.29) is 17.9 Å². The summed E-state index contributed by atoms with van der Waals surface area (Å²) < 4.78 is 18.5. The largest absolute Gasteiger partial charge is 0.383 e. The minimum atomic E-state index is -0.237. The van der Waals surface area contributed by atoms with Crippen LogP contribution < -0.4 is 15.5 Å². The molecule has 0 aliphatic rings. The van der Waals surface area contributed by atoms with Gasteiger partial charge in [-0.25, -0.2) is 9.18 Å². The van der Waals surface area contributed by atoms with E-state index in [1.807, 2.05) is 18.9 Å². The van der Waals surface area contributed by atoms with E-state index in [0.717, 1.165) is 6.42 Å². The first-order valence-corrected chi connectivity index (χ1v) is 7.03. The number of carbonyl (C=O) groups is 1. The maximum atomic E-state index is 13.6. The predicted molar refractivity (Wildman–Crippen MR) is 82.2 cm³/mol. The predicted octanol–water partition coefficient (Wildman–Crippen LogP) is 1.99. The molecule has 0 spiro atoms. The van der Waals surface area contributed by atoms with Crippen LogP contribution in [0.3, 0.4) is 0 Å². The van der Waals surface area contributed by atoms with Crippen LogP contribution in [-0.4, -0.2) is 45.9 Å². The van der Waals surface area contributed by atoms with E-state index in [2.05, 4.69) is 10.6 Å². The normalized spacial score (nSPS) is 11.8. The van der Waals surface area contributed by atoms with Crippen molar-refractivity contribution < 1.29 is 13.9 Å². The fourth-order valence-electron chi connectivity index (χ4n) is 1.97. The quantitative estimate of drug-likeness (QED) is 0.722. The number of nitrogens with zero attached hydrogens (tertiary/aromatic N) is 1. The summed E-state index contributed by atoms with van der Waals surface area (Å²) >= 11 is 0. The molecule has 118 valence electrons. The van der Waals surface area contributed by atoms with E-state index in [0.29, 0.717) is 25.4 Å². The highest BCUT2D eigenvalue weighted by atomic mass is 19.1. The van der Waals surface area contributed by atoms with E-state index in [1.54, 1.807) is 25.3 Å². The van der Waals surface area contributed by atoms with Crippen LogP contribution in [0.2, 0.25) is 0 Å². The summed E-state index contributed by atoms with van der Waals surface area (Å²) in [5.41, 5.74) is 0.565. The smallest absolute Gasteiger partial charge is 0.315 e. The Balaban J connectivity index is 2.22. The third-order valence-electron chi connectivity index (χ3n) is 3.01. The Morgan fingerprint density at radius 2 is 2.14 bits per heavy atom. The van der Waals surface area contributed by atoms with Gasteiger partial charge in [-0.15, -0.1) is 0 Å². The summed E-state index contributed by atoms with van der Waals surface area (Å²) in [6, 6.07) is 6.40. The minimum absolute atomic E-state index is 0.0314. The second kappa shape index (κ2) is 9.18. The Labute approximate surface area is 125 Å². The first-order valence-electron chi connectivity index (χ1n) is 7.03. The number of nitrogens with one attached hydrogen (secondary N) is 2. The third-order valence-corrected chi connectivity index (χ3v) is 3.01. The van der Waals surface area contributed by atoms with Crippen molar-refractivity contribution in [2.45, 2.75) is 19.4 Å². The number of benzene rings is 1. The molecule has 1 aromatic carbocycles. The molecule has 0 saturated heterocycles. The van der Waals surface area contributed by atoms with Gasteiger partial charge in [-0.3, -0.25) is 0 Å². The van der Waals surface area contributed by atoms with Crippen LogP contribution in [0.25, 0.3) is 0 Å². The molecule has 0 aliphatic carbocycles. The highest BCUT2D eigenvalue weighted by molar-refractivity contribution is 5.74. The van der Waals surface area contributed by atoms with Gasteiger partial charge in [0.15, 0.2) is 0 Å². The molecule has 0 saturated carbocycles. The summed E-state index contributed by atoms with van der Waals surface area (Å²) in [5, 5.41) is 5.53. The Bertz CT molecular complexity index is 443. The van der Waals surface area contributed by atoms with Crippen molar-refractivity contribution in [2.24, 2.45) is 0 Å². The van der Waals surface area contributed by atoms with Crippen molar-refractivity contribution in [1.82, 2.24) is 10.6 Å². The molecule has 5 nitrogen and oxygen atoms in total. The average Bonchev–Trinajstić information content (AvgIpc) is 2.44. The number of hydrogen-bond donors (Lipinski definition) is 2. The molecule has 1 unspecified atom stereocenters. The highest BCUT2D eigenvalue weighted by Gasteiger charge is 2.07. The van der Waals surface area contributed by atoms with Crippen molar-refractivity contribution in [2.75, 3.05) is 38.8 Å². The Morgan fingerprint density at radius 1 is 1.43 bits per heavy atom. The maximum absolute atomic E-state index is 13.6. The van der Waals surface area contributed by atoms with Crippen LogP contribution in [-0.2, 0) is 4.74 Å². The van der Waals surface area contributed by atoms with Gasteiger partial charge in [0.2, 0.25) is 0 Å². The number of hydrogen-bond acceptors (Lipinski definition) is 3. The monoisotopic (exact) mass is 297 g/mol. The first kappa shape index (κ1) is 17.2. The Kier molecular flexibility index (Phi) is 7.53. The molecule has 1 atom stereocenters. The number of urea groups is 1. The summed E-state index contributed by atoms with van der Waals surface area (Å²) in [6.07, 6.45) is 0.733. The lowest BCUT2D eigenvalue weighted by Gasteiger charge is -2.20. The SMILES string of the molecule is COCC(C)NC(=O)NCCCN(C)c1ccccc1F. The summed E-state index contributed by atoms with van der Waals surface area (Å²) in [7, 11) is 3.42. The van der Waals surface area contributed by atoms with Gasteiger partial charge in [-0.1, -0.05) is 12.1 Å². The zero-order valence-corrected chi connectivity index (χ0v) is 12.9. The maximum Gasteiger partial charge on any atom is 0.315 e. The topological polar surface area (TPSA) is 53.6 Å². The number of amides is 2. The molecule has 6 heteroatoms. The van der Waals surface area contributed by atoms with Gasteiger partial charge < -0.3 is 20.3 Å². The van der Waals surface area contributed by atoms with E-state index < -0.39 is 0 Å². The molecule has 21 heavy (non-hydrogen) atoms. The van der Waals surface area contributed by atoms with Crippen LogP contribution in [0.4, 0.5) is 14.9 Å². The zero-order chi connectivity index (χ0) is 15.7. The standard InChI is InChI=1S/C15H24FN3O2/c1-12(11-21-3)18-15(20)17-9-6-10-19(2)14-8-5-4-7-13(14)16/h4-5,7-8,12H,6,9-11H2,1-3H3,(H2,17,18,20). The number of methoxy groups -OCH3 is 1. The van der Waals surface area contributed by atoms with Gasteiger partial charge >= 0.3 is 6.03 Å². The van der Waals surface area contributed by atoms with Gasteiger partial charge in [-0.05, 0) is 25.5 Å². The van der Waals surface area contributed by atoms with Gasteiger partial charge in [0.1, 0.15) is 5.82 Å². The fraction of sp³-hybridized carbons (Fsp3) is 0.533. The number of ether oxygens (including phenoxy) is 1. The second-order valence-electron chi connectivity index (χ2n) is 4.98.